The third-order valence-corrected chi connectivity index (χ3v) is 4.04. The summed E-state index contributed by atoms with van der Waals surface area (Å²) in [4.78, 5) is 14.6. The second kappa shape index (κ2) is 6.05. The Balaban J connectivity index is 1.86. The van der Waals surface area contributed by atoms with Crippen LogP contribution in [0.15, 0.2) is 48.8 Å². The van der Waals surface area contributed by atoms with Crippen LogP contribution in [-0.2, 0) is 0 Å². The highest BCUT2D eigenvalue weighted by atomic mass is 16.5. The zero-order valence-electron chi connectivity index (χ0n) is 12.4. The molecule has 1 aliphatic rings. The van der Waals surface area contributed by atoms with Gasteiger partial charge in [0.2, 0.25) is 0 Å². The van der Waals surface area contributed by atoms with Gasteiger partial charge < -0.3 is 14.8 Å². The van der Waals surface area contributed by atoms with Gasteiger partial charge in [0.25, 0.3) is 5.91 Å². The number of carbonyl (C=O) groups excluding carboxylic acids is 1. The standard InChI is InChI=1S/C17H18N2O3/c1-22-15-5-2-4-14(12-15)16-6-3-9-19(16)17(20)13-7-10-18(21)11-8-13/h2,4-5,7-8,10-12,16H,3,6,9H2,1H3. The van der Waals surface area contributed by atoms with Crippen molar-refractivity contribution in [3.8, 4) is 5.75 Å². The second-order valence-corrected chi connectivity index (χ2v) is 5.38. The van der Waals surface area contributed by atoms with Gasteiger partial charge in [0.05, 0.1) is 18.7 Å². The number of methoxy groups -OCH3 is 1. The molecule has 1 atom stereocenters. The lowest BCUT2D eigenvalue weighted by atomic mass is 10.0. The highest BCUT2D eigenvalue weighted by molar-refractivity contribution is 5.94. The summed E-state index contributed by atoms with van der Waals surface area (Å²) < 4.78 is 5.95. The van der Waals surface area contributed by atoms with E-state index >= 15 is 0 Å². The number of likely N-dealkylation sites (tertiary alicyclic amines) is 1. The van der Waals surface area contributed by atoms with Crippen LogP contribution in [0.5, 0.6) is 5.75 Å². The SMILES string of the molecule is COc1cccc(C2CCCN2C(=O)c2cc[n+]([O-])cc2)c1. The van der Waals surface area contributed by atoms with Gasteiger partial charge in [-0.25, -0.2) is 0 Å². The largest absolute Gasteiger partial charge is 0.619 e. The van der Waals surface area contributed by atoms with Crippen LogP contribution >= 0.6 is 0 Å². The van der Waals surface area contributed by atoms with Crippen LogP contribution in [0.3, 0.4) is 0 Å². The van der Waals surface area contributed by atoms with Crippen molar-refractivity contribution < 1.29 is 14.3 Å². The zero-order chi connectivity index (χ0) is 15.5. The lowest BCUT2D eigenvalue weighted by Gasteiger charge is -2.25. The van der Waals surface area contributed by atoms with Gasteiger partial charge in [-0.1, -0.05) is 12.1 Å². The van der Waals surface area contributed by atoms with E-state index in [2.05, 4.69) is 0 Å². The van der Waals surface area contributed by atoms with E-state index in [-0.39, 0.29) is 11.9 Å². The molecule has 0 bridgehead atoms. The molecule has 5 heteroatoms. The van der Waals surface area contributed by atoms with E-state index in [4.69, 9.17) is 4.74 Å². The van der Waals surface area contributed by atoms with E-state index in [9.17, 15) is 10.0 Å². The average molecular weight is 298 g/mol. The van der Waals surface area contributed by atoms with Crippen molar-refractivity contribution in [2.24, 2.45) is 0 Å². The molecule has 2 aromatic rings. The Labute approximate surface area is 129 Å². The van der Waals surface area contributed by atoms with Crippen molar-refractivity contribution >= 4 is 5.91 Å². The fourth-order valence-electron chi connectivity index (χ4n) is 2.93. The Bertz CT molecular complexity index is 670. The first-order valence-corrected chi connectivity index (χ1v) is 7.33. The molecule has 1 fully saturated rings. The molecule has 114 valence electrons. The Morgan fingerprint density at radius 2 is 2.09 bits per heavy atom. The summed E-state index contributed by atoms with van der Waals surface area (Å²) in [7, 11) is 1.64. The average Bonchev–Trinajstić information content (AvgIpc) is 3.04. The quantitative estimate of drug-likeness (QED) is 0.645. The van der Waals surface area contributed by atoms with E-state index in [0.717, 1.165) is 30.7 Å². The van der Waals surface area contributed by atoms with Crippen LogP contribution in [0.1, 0.15) is 34.8 Å². The van der Waals surface area contributed by atoms with Crippen molar-refractivity contribution in [1.82, 2.24) is 4.90 Å². The van der Waals surface area contributed by atoms with Crippen molar-refractivity contribution in [1.29, 1.82) is 0 Å². The maximum Gasteiger partial charge on any atom is 0.254 e. The van der Waals surface area contributed by atoms with Gasteiger partial charge in [-0.3, -0.25) is 4.79 Å². The molecule has 0 N–H and O–H groups in total. The molecule has 1 aliphatic heterocycles. The van der Waals surface area contributed by atoms with Crippen LogP contribution in [0.4, 0.5) is 0 Å². The smallest absolute Gasteiger partial charge is 0.254 e. The molecule has 0 aliphatic carbocycles. The summed E-state index contributed by atoms with van der Waals surface area (Å²) >= 11 is 0. The van der Waals surface area contributed by atoms with Crippen molar-refractivity contribution in [3.05, 3.63) is 65.1 Å². The lowest BCUT2D eigenvalue weighted by molar-refractivity contribution is -0.605. The highest BCUT2D eigenvalue weighted by Crippen LogP contribution is 2.34. The monoisotopic (exact) mass is 298 g/mol. The van der Waals surface area contributed by atoms with E-state index in [1.54, 1.807) is 19.2 Å². The van der Waals surface area contributed by atoms with Gasteiger partial charge in [0, 0.05) is 18.7 Å². The van der Waals surface area contributed by atoms with Crippen molar-refractivity contribution in [2.45, 2.75) is 18.9 Å². The molecule has 2 heterocycles. The predicted octanol–water partition coefficient (Wildman–Crippen LogP) is 2.31. The highest BCUT2D eigenvalue weighted by Gasteiger charge is 2.30. The minimum absolute atomic E-state index is 0.0362. The molecule has 0 saturated carbocycles. The Morgan fingerprint density at radius 3 is 2.82 bits per heavy atom. The predicted molar refractivity (Wildman–Crippen MR) is 81.4 cm³/mol. The summed E-state index contributed by atoms with van der Waals surface area (Å²) in [6.45, 7) is 0.729. The molecule has 5 nitrogen and oxygen atoms in total. The van der Waals surface area contributed by atoms with E-state index < -0.39 is 0 Å². The number of benzene rings is 1. The molecule has 3 rings (SSSR count). The minimum atomic E-state index is -0.0362. The first kappa shape index (κ1) is 14.4. The Kier molecular flexibility index (Phi) is 3.96. The summed E-state index contributed by atoms with van der Waals surface area (Å²) in [6, 6.07) is 11.0. The number of pyridine rings is 1. The minimum Gasteiger partial charge on any atom is -0.619 e. The maximum atomic E-state index is 12.7. The molecule has 0 spiro atoms. The fourth-order valence-corrected chi connectivity index (χ4v) is 2.93. The van der Waals surface area contributed by atoms with Crippen molar-refractivity contribution in [2.75, 3.05) is 13.7 Å². The lowest BCUT2D eigenvalue weighted by Crippen LogP contribution is -2.32. The van der Waals surface area contributed by atoms with E-state index in [1.807, 2.05) is 29.2 Å². The third kappa shape index (κ3) is 2.74. The molecule has 1 unspecified atom stereocenters. The van der Waals surface area contributed by atoms with Crippen LogP contribution in [0.25, 0.3) is 0 Å². The van der Waals surface area contributed by atoms with Gasteiger partial charge in [0.15, 0.2) is 12.4 Å². The zero-order valence-corrected chi connectivity index (χ0v) is 12.4. The van der Waals surface area contributed by atoms with Crippen molar-refractivity contribution in [3.63, 3.8) is 0 Å². The Hall–Kier alpha value is -2.56. The van der Waals surface area contributed by atoms with Gasteiger partial charge >= 0.3 is 0 Å². The molecule has 1 aromatic heterocycles. The van der Waals surface area contributed by atoms with Gasteiger partial charge in [0.1, 0.15) is 5.75 Å². The normalized spacial score (nSPS) is 17.5. The van der Waals surface area contributed by atoms with Crippen LogP contribution < -0.4 is 9.47 Å². The fraction of sp³-hybridized carbons (Fsp3) is 0.294. The molecule has 1 aromatic carbocycles. The number of hydrogen-bond donors (Lipinski definition) is 0. The van der Waals surface area contributed by atoms with E-state index in [0.29, 0.717) is 10.3 Å². The molecule has 1 amide bonds. The van der Waals surface area contributed by atoms with E-state index in [1.165, 1.54) is 12.4 Å². The topological polar surface area (TPSA) is 56.5 Å². The number of amides is 1. The number of nitrogens with zero attached hydrogens (tertiary/aromatic N) is 2. The first-order chi connectivity index (χ1) is 10.7. The number of aromatic nitrogens is 1. The summed E-state index contributed by atoms with van der Waals surface area (Å²) in [5, 5.41) is 11.1. The molecule has 0 radical (unpaired) electrons. The second-order valence-electron chi connectivity index (χ2n) is 5.38. The van der Waals surface area contributed by atoms with Crippen LogP contribution in [0.2, 0.25) is 0 Å². The molecule has 1 saturated heterocycles. The van der Waals surface area contributed by atoms with Crippen LogP contribution in [0, 0.1) is 5.21 Å². The molecular weight excluding hydrogens is 280 g/mol. The first-order valence-electron chi connectivity index (χ1n) is 7.33. The molecule has 22 heavy (non-hydrogen) atoms. The number of hydrogen-bond acceptors (Lipinski definition) is 3. The summed E-state index contributed by atoms with van der Waals surface area (Å²) in [5.41, 5.74) is 1.63. The number of rotatable bonds is 3. The van der Waals surface area contributed by atoms with Gasteiger partial charge in [-0.05, 0) is 30.5 Å². The summed E-state index contributed by atoms with van der Waals surface area (Å²) in [5.74, 6) is 0.759. The van der Waals surface area contributed by atoms with Gasteiger partial charge in [-0.2, -0.15) is 4.73 Å². The number of carbonyl (C=O) groups is 1. The number of ether oxygens (including phenoxy) is 1. The molecular formula is C17H18N2O3. The summed E-state index contributed by atoms with van der Waals surface area (Å²) in [6.07, 6.45) is 4.61. The Morgan fingerprint density at radius 1 is 1.32 bits per heavy atom. The van der Waals surface area contributed by atoms with Gasteiger partial charge in [-0.15, -0.1) is 0 Å². The third-order valence-electron chi connectivity index (χ3n) is 4.04. The van der Waals surface area contributed by atoms with Crippen LogP contribution in [-0.4, -0.2) is 24.5 Å². The maximum absolute atomic E-state index is 12.7.